The second kappa shape index (κ2) is 6.21. The molecule has 2 aliphatic rings. The lowest BCUT2D eigenvalue weighted by molar-refractivity contribution is -0.117. The van der Waals surface area contributed by atoms with Crippen LogP contribution in [-0.4, -0.2) is 42.8 Å². The van der Waals surface area contributed by atoms with Gasteiger partial charge in [0.15, 0.2) is 0 Å². The van der Waals surface area contributed by atoms with Gasteiger partial charge in [-0.2, -0.15) is 0 Å². The average molecular weight is 320 g/mol. The summed E-state index contributed by atoms with van der Waals surface area (Å²) >= 11 is 0. The van der Waals surface area contributed by atoms with Crippen molar-refractivity contribution in [2.24, 2.45) is 0 Å². The van der Waals surface area contributed by atoms with Crippen LogP contribution in [0.15, 0.2) is 42.5 Å². The molecule has 2 aromatic rings. The first kappa shape index (κ1) is 15.1. The summed E-state index contributed by atoms with van der Waals surface area (Å²) in [7, 11) is 0. The van der Waals surface area contributed by atoms with Crippen molar-refractivity contribution < 1.29 is 9.59 Å². The largest absolute Gasteiger partial charge is 0.336 e. The van der Waals surface area contributed by atoms with E-state index in [9.17, 15) is 9.59 Å². The molecule has 0 spiro atoms. The fraction of sp³-hybridized carbons (Fsp3) is 0.300. The van der Waals surface area contributed by atoms with Crippen LogP contribution in [0.5, 0.6) is 0 Å². The van der Waals surface area contributed by atoms with Crippen molar-refractivity contribution in [2.45, 2.75) is 12.8 Å². The van der Waals surface area contributed by atoms with Crippen molar-refractivity contribution in [1.29, 1.82) is 0 Å². The van der Waals surface area contributed by atoms with Crippen molar-refractivity contribution in [1.82, 2.24) is 10.2 Å². The molecular formula is C20H20N2O2. The molecule has 1 heterocycles. The standard InChI is InChI=1S/C20H20N2O2/c23-19-12-17-6-5-16(11-18(17)13-19)14-1-3-15(4-2-14)20(24)22-9-7-21-8-10-22/h1-6,11,21H,7-10,12-13H2. The molecule has 1 saturated heterocycles. The molecule has 0 bridgehead atoms. The zero-order chi connectivity index (χ0) is 16.5. The minimum absolute atomic E-state index is 0.0996. The van der Waals surface area contributed by atoms with Crippen LogP contribution >= 0.6 is 0 Å². The van der Waals surface area contributed by atoms with E-state index in [1.165, 1.54) is 0 Å². The number of carbonyl (C=O) groups excluding carboxylic acids is 2. The summed E-state index contributed by atoms with van der Waals surface area (Å²) in [6.07, 6.45) is 1.11. The van der Waals surface area contributed by atoms with E-state index < -0.39 is 0 Å². The highest BCUT2D eigenvalue weighted by Gasteiger charge is 2.19. The lowest BCUT2D eigenvalue weighted by Gasteiger charge is -2.27. The summed E-state index contributed by atoms with van der Waals surface area (Å²) in [5, 5.41) is 3.26. The van der Waals surface area contributed by atoms with Crippen molar-refractivity contribution in [3.05, 3.63) is 59.2 Å². The summed E-state index contributed by atoms with van der Waals surface area (Å²) in [5.41, 5.74) is 5.20. The van der Waals surface area contributed by atoms with E-state index in [4.69, 9.17) is 0 Å². The van der Waals surface area contributed by atoms with E-state index in [0.717, 1.165) is 54.0 Å². The van der Waals surface area contributed by atoms with Gasteiger partial charge in [0.05, 0.1) is 0 Å². The first-order valence-electron chi connectivity index (χ1n) is 8.45. The van der Waals surface area contributed by atoms with E-state index >= 15 is 0 Å². The molecule has 2 aromatic carbocycles. The minimum Gasteiger partial charge on any atom is -0.336 e. The van der Waals surface area contributed by atoms with Gasteiger partial charge in [0.2, 0.25) is 0 Å². The van der Waals surface area contributed by atoms with Crippen molar-refractivity contribution in [2.75, 3.05) is 26.2 Å². The Morgan fingerprint density at radius 1 is 0.875 bits per heavy atom. The first-order chi connectivity index (χ1) is 11.7. The zero-order valence-corrected chi connectivity index (χ0v) is 13.5. The first-order valence-corrected chi connectivity index (χ1v) is 8.45. The lowest BCUT2D eigenvalue weighted by Crippen LogP contribution is -2.46. The van der Waals surface area contributed by atoms with Gasteiger partial charge < -0.3 is 10.2 Å². The van der Waals surface area contributed by atoms with Gasteiger partial charge in [0, 0.05) is 44.6 Å². The maximum atomic E-state index is 12.5. The molecule has 0 radical (unpaired) electrons. The summed E-state index contributed by atoms with van der Waals surface area (Å²) < 4.78 is 0. The second-order valence-electron chi connectivity index (χ2n) is 6.50. The predicted octanol–water partition coefficient (Wildman–Crippen LogP) is 2.07. The van der Waals surface area contributed by atoms with Crippen LogP contribution in [0, 0.1) is 0 Å². The Bertz CT molecular complexity index is 790. The smallest absolute Gasteiger partial charge is 0.253 e. The average Bonchev–Trinajstić information content (AvgIpc) is 3.01. The van der Waals surface area contributed by atoms with Crippen LogP contribution < -0.4 is 5.32 Å². The molecule has 1 aliphatic heterocycles. The third kappa shape index (κ3) is 2.85. The van der Waals surface area contributed by atoms with Crippen molar-refractivity contribution in [3.63, 3.8) is 0 Å². The number of benzene rings is 2. The number of Topliss-reactive ketones (excluding diaryl/α,β-unsaturated/α-hetero) is 1. The summed E-state index contributed by atoms with van der Waals surface area (Å²) in [6, 6.07) is 14.0. The molecule has 4 rings (SSSR count). The van der Waals surface area contributed by atoms with Crippen LogP contribution in [0.1, 0.15) is 21.5 Å². The molecule has 0 saturated carbocycles. The molecule has 0 atom stereocenters. The van der Waals surface area contributed by atoms with E-state index in [-0.39, 0.29) is 5.91 Å². The predicted molar refractivity (Wildman–Crippen MR) is 93.1 cm³/mol. The number of carbonyl (C=O) groups is 2. The van der Waals surface area contributed by atoms with Gasteiger partial charge in [0.25, 0.3) is 5.91 Å². The normalized spacial score (nSPS) is 17.0. The van der Waals surface area contributed by atoms with Gasteiger partial charge in [-0.15, -0.1) is 0 Å². The maximum absolute atomic E-state index is 12.5. The fourth-order valence-electron chi connectivity index (χ4n) is 3.49. The number of piperazine rings is 1. The van der Waals surface area contributed by atoms with Gasteiger partial charge in [-0.05, 0) is 34.4 Å². The van der Waals surface area contributed by atoms with Gasteiger partial charge in [-0.1, -0.05) is 30.3 Å². The highest BCUT2D eigenvalue weighted by atomic mass is 16.2. The minimum atomic E-state index is 0.0996. The fourth-order valence-corrected chi connectivity index (χ4v) is 3.49. The van der Waals surface area contributed by atoms with Crippen LogP contribution in [0.2, 0.25) is 0 Å². The topological polar surface area (TPSA) is 49.4 Å². The van der Waals surface area contributed by atoms with E-state index in [2.05, 4.69) is 23.5 Å². The molecule has 4 heteroatoms. The second-order valence-corrected chi connectivity index (χ2v) is 6.50. The molecule has 0 unspecified atom stereocenters. The Balaban J connectivity index is 1.55. The summed E-state index contributed by atoms with van der Waals surface area (Å²) in [6.45, 7) is 3.24. The maximum Gasteiger partial charge on any atom is 0.253 e. The third-order valence-electron chi connectivity index (χ3n) is 4.85. The molecule has 0 aromatic heterocycles. The molecule has 4 nitrogen and oxygen atoms in total. The summed E-state index contributed by atoms with van der Waals surface area (Å²) in [5.74, 6) is 0.390. The zero-order valence-electron chi connectivity index (χ0n) is 13.5. The van der Waals surface area contributed by atoms with Crippen LogP contribution in [-0.2, 0) is 17.6 Å². The quantitative estimate of drug-likeness (QED) is 0.921. The molecule has 1 N–H and O–H groups in total. The number of nitrogens with zero attached hydrogens (tertiary/aromatic N) is 1. The lowest BCUT2D eigenvalue weighted by atomic mass is 9.99. The Morgan fingerprint density at radius 3 is 2.29 bits per heavy atom. The molecule has 122 valence electrons. The van der Waals surface area contributed by atoms with Crippen molar-refractivity contribution in [3.8, 4) is 11.1 Å². The molecular weight excluding hydrogens is 300 g/mol. The van der Waals surface area contributed by atoms with Crippen LogP contribution in [0.3, 0.4) is 0 Å². The van der Waals surface area contributed by atoms with Gasteiger partial charge in [-0.3, -0.25) is 9.59 Å². The van der Waals surface area contributed by atoms with E-state index in [1.807, 2.05) is 29.2 Å². The Labute approximate surface area is 141 Å². The van der Waals surface area contributed by atoms with E-state index in [1.54, 1.807) is 0 Å². The summed E-state index contributed by atoms with van der Waals surface area (Å²) in [4.78, 5) is 26.0. The van der Waals surface area contributed by atoms with Gasteiger partial charge in [0.1, 0.15) is 5.78 Å². The number of hydrogen-bond donors (Lipinski definition) is 1. The molecule has 1 amide bonds. The number of hydrogen-bond acceptors (Lipinski definition) is 3. The number of ketones is 1. The molecule has 1 fully saturated rings. The SMILES string of the molecule is O=C1Cc2ccc(-c3ccc(C(=O)N4CCNCC4)cc3)cc2C1. The van der Waals surface area contributed by atoms with E-state index in [0.29, 0.717) is 18.6 Å². The van der Waals surface area contributed by atoms with Gasteiger partial charge >= 0.3 is 0 Å². The molecule has 24 heavy (non-hydrogen) atoms. The Kier molecular flexibility index (Phi) is 3.90. The number of nitrogens with one attached hydrogen (secondary N) is 1. The number of rotatable bonds is 2. The van der Waals surface area contributed by atoms with Gasteiger partial charge in [-0.25, -0.2) is 0 Å². The number of fused-ring (bicyclic) bond motifs is 1. The Hall–Kier alpha value is -2.46. The highest BCUT2D eigenvalue weighted by molar-refractivity contribution is 5.95. The Morgan fingerprint density at radius 2 is 1.54 bits per heavy atom. The third-order valence-corrected chi connectivity index (χ3v) is 4.85. The molecule has 1 aliphatic carbocycles. The highest BCUT2D eigenvalue weighted by Crippen LogP contribution is 2.27. The monoisotopic (exact) mass is 320 g/mol. The van der Waals surface area contributed by atoms with Crippen LogP contribution in [0.4, 0.5) is 0 Å². The van der Waals surface area contributed by atoms with Crippen molar-refractivity contribution >= 4 is 11.7 Å². The van der Waals surface area contributed by atoms with Crippen LogP contribution in [0.25, 0.3) is 11.1 Å². The number of amides is 1.